The predicted octanol–water partition coefficient (Wildman–Crippen LogP) is 1.64. The van der Waals surface area contributed by atoms with E-state index in [9.17, 15) is 4.79 Å². The largest absolute Gasteiger partial charge is 0.298 e. The number of pyridine rings is 1. The van der Waals surface area contributed by atoms with Crippen molar-refractivity contribution < 1.29 is 4.79 Å². The maximum absolute atomic E-state index is 10.8. The van der Waals surface area contributed by atoms with Crippen LogP contribution in [0.1, 0.15) is 23.1 Å². The van der Waals surface area contributed by atoms with Gasteiger partial charge in [0.1, 0.15) is 11.6 Å². The minimum absolute atomic E-state index is 0.574. The third kappa shape index (κ3) is 1.66. The summed E-state index contributed by atoms with van der Waals surface area (Å²) in [4.78, 5) is 19.2. The van der Waals surface area contributed by atoms with Crippen molar-refractivity contribution in [2.45, 2.75) is 13.3 Å². The van der Waals surface area contributed by atoms with Crippen LogP contribution in [-0.4, -0.2) is 20.8 Å². The fourth-order valence-corrected chi connectivity index (χ4v) is 1.49. The monoisotopic (exact) mass is 201 g/mol. The first kappa shape index (κ1) is 9.58. The molecule has 2 rings (SSSR count). The normalized spacial score (nSPS) is 10.2. The average Bonchev–Trinajstić information content (AvgIpc) is 2.76. The number of aromatic nitrogens is 3. The van der Waals surface area contributed by atoms with E-state index >= 15 is 0 Å². The number of hydrogen-bond acceptors (Lipinski definition) is 3. The Balaban J connectivity index is 2.58. The summed E-state index contributed by atoms with van der Waals surface area (Å²) in [5.41, 5.74) is 0.574. The molecule has 4 heteroatoms. The Morgan fingerprint density at radius 1 is 1.40 bits per heavy atom. The molecule has 0 spiro atoms. The van der Waals surface area contributed by atoms with Crippen molar-refractivity contribution in [1.29, 1.82) is 0 Å². The molecule has 15 heavy (non-hydrogen) atoms. The molecule has 0 bridgehead atoms. The van der Waals surface area contributed by atoms with E-state index in [0.29, 0.717) is 11.4 Å². The lowest BCUT2D eigenvalue weighted by atomic mass is 10.3. The molecule has 2 aromatic heterocycles. The molecule has 2 aromatic rings. The van der Waals surface area contributed by atoms with Crippen LogP contribution in [0, 0.1) is 0 Å². The zero-order valence-corrected chi connectivity index (χ0v) is 8.42. The molecule has 0 aliphatic carbocycles. The summed E-state index contributed by atoms with van der Waals surface area (Å²) < 4.78 is 1.84. The van der Waals surface area contributed by atoms with E-state index in [-0.39, 0.29) is 0 Å². The second kappa shape index (κ2) is 4.04. The van der Waals surface area contributed by atoms with E-state index < -0.39 is 0 Å². The highest BCUT2D eigenvalue weighted by atomic mass is 16.1. The smallest absolute Gasteiger partial charge is 0.153 e. The molecule has 4 nitrogen and oxygen atoms in total. The van der Waals surface area contributed by atoms with Gasteiger partial charge in [0.15, 0.2) is 6.29 Å². The summed E-state index contributed by atoms with van der Waals surface area (Å²) in [5, 5.41) is 0. The zero-order valence-electron chi connectivity index (χ0n) is 8.42. The lowest BCUT2D eigenvalue weighted by Crippen LogP contribution is -2.04. The van der Waals surface area contributed by atoms with Crippen molar-refractivity contribution in [1.82, 2.24) is 14.5 Å². The summed E-state index contributed by atoms with van der Waals surface area (Å²) in [6.07, 6.45) is 6.81. The Bertz CT molecular complexity index is 476. The lowest BCUT2D eigenvalue weighted by molar-refractivity contribution is 0.112. The predicted molar refractivity (Wildman–Crippen MR) is 56.1 cm³/mol. The van der Waals surface area contributed by atoms with E-state index in [1.54, 1.807) is 24.5 Å². The quantitative estimate of drug-likeness (QED) is 0.709. The molecule has 0 N–H and O–H groups in total. The summed E-state index contributed by atoms with van der Waals surface area (Å²) in [6, 6.07) is 3.49. The molecule has 76 valence electrons. The van der Waals surface area contributed by atoms with E-state index in [0.717, 1.165) is 18.5 Å². The van der Waals surface area contributed by atoms with Crippen LogP contribution in [0.25, 0.3) is 5.82 Å². The van der Waals surface area contributed by atoms with Gasteiger partial charge in [-0.15, -0.1) is 0 Å². The van der Waals surface area contributed by atoms with Gasteiger partial charge in [-0.3, -0.25) is 9.36 Å². The summed E-state index contributed by atoms with van der Waals surface area (Å²) in [6.45, 7) is 2.02. The molecule has 0 aromatic carbocycles. The molecule has 0 aliphatic heterocycles. The third-order valence-corrected chi connectivity index (χ3v) is 2.21. The molecule has 0 fully saturated rings. The Labute approximate surface area is 87.6 Å². The van der Waals surface area contributed by atoms with Crippen molar-refractivity contribution in [3.8, 4) is 5.82 Å². The summed E-state index contributed by atoms with van der Waals surface area (Å²) in [5.74, 6) is 1.54. The van der Waals surface area contributed by atoms with E-state index in [4.69, 9.17) is 0 Å². The van der Waals surface area contributed by atoms with Gasteiger partial charge in [0.25, 0.3) is 0 Å². The number of aryl methyl sites for hydroxylation is 1. The van der Waals surface area contributed by atoms with E-state index in [1.165, 1.54) is 0 Å². The van der Waals surface area contributed by atoms with Gasteiger partial charge in [-0.05, 0) is 12.1 Å². The number of carbonyl (C=O) groups excluding carboxylic acids is 1. The molecule has 0 aliphatic rings. The summed E-state index contributed by atoms with van der Waals surface area (Å²) in [7, 11) is 0. The third-order valence-electron chi connectivity index (χ3n) is 2.21. The number of rotatable bonds is 3. The fraction of sp³-hybridized carbons (Fsp3) is 0.182. The van der Waals surface area contributed by atoms with Gasteiger partial charge in [0.2, 0.25) is 0 Å². The maximum Gasteiger partial charge on any atom is 0.153 e. The standard InChI is InChI=1S/C11H11N3O/c1-2-10-12-6-7-14(10)11-9(8-15)4-3-5-13-11/h3-8H,2H2,1H3. The fourth-order valence-electron chi connectivity index (χ4n) is 1.49. The van der Waals surface area contributed by atoms with Crippen molar-refractivity contribution >= 4 is 6.29 Å². The van der Waals surface area contributed by atoms with E-state index in [1.807, 2.05) is 17.7 Å². The van der Waals surface area contributed by atoms with Crippen LogP contribution in [0.5, 0.6) is 0 Å². The number of hydrogen-bond donors (Lipinski definition) is 0. The van der Waals surface area contributed by atoms with Crippen LogP contribution in [0.2, 0.25) is 0 Å². The minimum atomic E-state index is 0.574. The Hall–Kier alpha value is -1.97. The molecule has 2 heterocycles. The van der Waals surface area contributed by atoms with Crippen LogP contribution in [-0.2, 0) is 6.42 Å². The van der Waals surface area contributed by atoms with Gasteiger partial charge < -0.3 is 0 Å². The Morgan fingerprint density at radius 2 is 2.27 bits per heavy atom. The van der Waals surface area contributed by atoms with Gasteiger partial charge in [0.05, 0.1) is 5.56 Å². The van der Waals surface area contributed by atoms with Crippen LogP contribution >= 0.6 is 0 Å². The molecule has 0 saturated carbocycles. The van der Waals surface area contributed by atoms with Crippen LogP contribution in [0.15, 0.2) is 30.7 Å². The van der Waals surface area contributed by atoms with Crippen molar-refractivity contribution in [3.63, 3.8) is 0 Å². The lowest BCUT2D eigenvalue weighted by Gasteiger charge is -2.06. The molecule has 0 saturated heterocycles. The average molecular weight is 201 g/mol. The molecule has 0 radical (unpaired) electrons. The first-order chi connectivity index (χ1) is 7.36. The topological polar surface area (TPSA) is 47.8 Å². The number of nitrogens with zero attached hydrogens (tertiary/aromatic N) is 3. The highest BCUT2D eigenvalue weighted by Crippen LogP contribution is 2.11. The van der Waals surface area contributed by atoms with Gasteiger partial charge in [-0.25, -0.2) is 9.97 Å². The molecular formula is C11H11N3O. The second-order valence-corrected chi connectivity index (χ2v) is 3.10. The zero-order chi connectivity index (χ0) is 10.7. The number of aldehydes is 1. The Kier molecular flexibility index (Phi) is 2.58. The highest BCUT2D eigenvalue weighted by Gasteiger charge is 2.07. The minimum Gasteiger partial charge on any atom is -0.298 e. The van der Waals surface area contributed by atoms with Gasteiger partial charge >= 0.3 is 0 Å². The van der Waals surface area contributed by atoms with Crippen LogP contribution in [0.3, 0.4) is 0 Å². The van der Waals surface area contributed by atoms with Crippen LogP contribution < -0.4 is 0 Å². The maximum atomic E-state index is 10.8. The van der Waals surface area contributed by atoms with E-state index in [2.05, 4.69) is 9.97 Å². The number of imidazole rings is 1. The van der Waals surface area contributed by atoms with Crippen molar-refractivity contribution in [3.05, 3.63) is 42.1 Å². The van der Waals surface area contributed by atoms with Gasteiger partial charge in [-0.1, -0.05) is 6.92 Å². The number of carbonyl (C=O) groups is 1. The SMILES string of the molecule is CCc1nccn1-c1ncccc1C=O. The highest BCUT2D eigenvalue weighted by molar-refractivity contribution is 5.79. The van der Waals surface area contributed by atoms with Gasteiger partial charge in [0, 0.05) is 25.0 Å². The first-order valence-corrected chi connectivity index (χ1v) is 4.79. The Morgan fingerprint density at radius 3 is 3.00 bits per heavy atom. The summed E-state index contributed by atoms with van der Waals surface area (Å²) >= 11 is 0. The van der Waals surface area contributed by atoms with Gasteiger partial charge in [-0.2, -0.15) is 0 Å². The molecule has 0 atom stereocenters. The molecule has 0 amide bonds. The first-order valence-electron chi connectivity index (χ1n) is 4.79. The van der Waals surface area contributed by atoms with Crippen molar-refractivity contribution in [2.75, 3.05) is 0 Å². The second-order valence-electron chi connectivity index (χ2n) is 3.10. The molecule has 0 unspecified atom stereocenters. The molecular weight excluding hydrogens is 190 g/mol. The van der Waals surface area contributed by atoms with Crippen LogP contribution in [0.4, 0.5) is 0 Å². The van der Waals surface area contributed by atoms with Crippen molar-refractivity contribution in [2.24, 2.45) is 0 Å².